The lowest BCUT2D eigenvalue weighted by Crippen LogP contribution is -2.09. The minimum absolute atomic E-state index is 0. The zero-order valence-corrected chi connectivity index (χ0v) is 13.0. The number of nitrogens with one attached hydrogen (secondary N) is 1. The van der Waals surface area contributed by atoms with Crippen molar-refractivity contribution in [3.05, 3.63) is 34.4 Å². The molecule has 100 valence electrons. The topological polar surface area (TPSA) is 41.8 Å². The van der Waals surface area contributed by atoms with Crippen LogP contribution in [0.2, 0.25) is 0 Å². The zero-order valence-electron chi connectivity index (χ0n) is 10.6. The second kappa shape index (κ2) is 7.17. The lowest BCUT2D eigenvalue weighted by atomic mass is 10.0. The van der Waals surface area contributed by atoms with E-state index in [1.807, 2.05) is 12.3 Å². The van der Waals surface area contributed by atoms with Gasteiger partial charge in [-0.3, -0.25) is 0 Å². The highest BCUT2D eigenvalue weighted by molar-refractivity contribution is 9.10. The quantitative estimate of drug-likeness (QED) is 0.749. The molecule has 0 saturated heterocycles. The molecule has 0 spiro atoms. The Hall–Kier alpha value is -0.510. The molecule has 0 aliphatic heterocycles. The number of nitrogens with two attached hydrogens (primary N) is 1. The number of aromatic amines is 1. The summed E-state index contributed by atoms with van der Waals surface area (Å²) in [5, 5.41) is 1.24. The van der Waals surface area contributed by atoms with Crippen LogP contribution in [0, 0.1) is 0 Å². The van der Waals surface area contributed by atoms with E-state index in [2.05, 4.69) is 40.0 Å². The second-order valence-corrected chi connectivity index (χ2v) is 5.45. The molecule has 4 heteroatoms. The molecule has 2 nitrogen and oxygen atoms in total. The van der Waals surface area contributed by atoms with Crippen LogP contribution in [0.25, 0.3) is 10.9 Å². The van der Waals surface area contributed by atoms with Gasteiger partial charge in [0, 0.05) is 27.6 Å². The summed E-state index contributed by atoms with van der Waals surface area (Å²) in [6.45, 7) is 2.22. The lowest BCUT2D eigenvalue weighted by molar-refractivity contribution is 0.584. The molecule has 2 rings (SSSR count). The Morgan fingerprint density at radius 3 is 2.83 bits per heavy atom. The third-order valence-corrected chi connectivity index (χ3v) is 3.69. The third kappa shape index (κ3) is 3.50. The first-order valence-electron chi connectivity index (χ1n) is 6.24. The Labute approximate surface area is 123 Å². The van der Waals surface area contributed by atoms with E-state index in [4.69, 9.17) is 5.73 Å². The molecule has 0 amide bonds. The van der Waals surface area contributed by atoms with Crippen LogP contribution in [0.1, 0.15) is 44.2 Å². The average Bonchev–Trinajstić information content (AvgIpc) is 2.72. The van der Waals surface area contributed by atoms with E-state index in [-0.39, 0.29) is 18.4 Å². The van der Waals surface area contributed by atoms with E-state index < -0.39 is 0 Å². The molecule has 1 aromatic carbocycles. The van der Waals surface area contributed by atoms with Crippen LogP contribution in [0.4, 0.5) is 0 Å². The van der Waals surface area contributed by atoms with E-state index in [0.717, 1.165) is 16.4 Å². The van der Waals surface area contributed by atoms with Crippen molar-refractivity contribution in [2.45, 2.75) is 38.6 Å². The Morgan fingerprint density at radius 2 is 2.11 bits per heavy atom. The number of hydrogen-bond donors (Lipinski definition) is 2. The van der Waals surface area contributed by atoms with Gasteiger partial charge in [-0.15, -0.1) is 12.4 Å². The largest absolute Gasteiger partial charge is 0.361 e. The van der Waals surface area contributed by atoms with Gasteiger partial charge in [0.1, 0.15) is 0 Å². The predicted molar refractivity (Wildman–Crippen MR) is 84.3 cm³/mol. The standard InChI is InChI=1S/C14H19BrN2.ClH/c1-2-3-4-5-13(16)12-9-17-14-7-6-10(15)8-11(12)14;/h6-9,13,17H,2-5,16H2,1H3;1H/t13-;/m0./s1. The highest BCUT2D eigenvalue weighted by atomic mass is 79.9. The van der Waals surface area contributed by atoms with Crippen molar-refractivity contribution in [1.82, 2.24) is 4.98 Å². The first-order valence-corrected chi connectivity index (χ1v) is 7.03. The fourth-order valence-corrected chi connectivity index (χ4v) is 2.55. The molecule has 1 atom stereocenters. The summed E-state index contributed by atoms with van der Waals surface area (Å²) in [6.07, 6.45) is 6.82. The van der Waals surface area contributed by atoms with Gasteiger partial charge in [0.2, 0.25) is 0 Å². The summed E-state index contributed by atoms with van der Waals surface area (Å²) in [6, 6.07) is 6.41. The number of aromatic nitrogens is 1. The Bertz CT molecular complexity index is 495. The van der Waals surface area contributed by atoms with E-state index >= 15 is 0 Å². The van der Waals surface area contributed by atoms with Gasteiger partial charge in [-0.05, 0) is 30.2 Å². The maximum absolute atomic E-state index is 6.26. The zero-order chi connectivity index (χ0) is 12.3. The lowest BCUT2D eigenvalue weighted by Gasteiger charge is -2.10. The Kier molecular flexibility index (Phi) is 6.19. The van der Waals surface area contributed by atoms with E-state index in [1.54, 1.807) is 0 Å². The summed E-state index contributed by atoms with van der Waals surface area (Å²) < 4.78 is 1.10. The highest BCUT2D eigenvalue weighted by Crippen LogP contribution is 2.28. The molecule has 1 aromatic heterocycles. The van der Waals surface area contributed by atoms with Gasteiger partial charge in [0.05, 0.1) is 0 Å². The van der Waals surface area contributed by atoms with Crippen molar-refractivity contribution in [3.63, 3.8) is 0 Å². The van der Waals surface area contributed by atoms with Crippen molar-refractivity contribution in [2.75, 3.05) is 0 Å². The van der Waals surface area contributed by atoms with E-state index in [0.29, 0.717) is 0 Å². The van der Waals surface area contributed by atoms with Gasteiger partial charge < -0.3 is 10.7 Å². The smallest absolute Gasteiger partial charge is 0.0458 e. The average molecular weight is 332 g/mol. The maximum atomic E-state index is 6.26. The number of benzene rings is 1. The molecule has 0 aliphatic rings. The molecule has 0 radical (unpaired) electrons. The molecule has 0 aliphatic carbocycles. The number of H-pyrrole nitrogens is 1. The van der Waals surface area contributed by atoms with Gasteiger partial charge in [-0.2, -0.15) is 0 Å². The molecular weight excluding hydrogens is 312 g/mol. The van der Waals surface area contributed by atoms with Crippen LogP contribution in [-0.4, -0.2) is 4.98 Å². The first kappa shape index (κ1) is 15.5. The second-order valence-electron chi connectivity index (χ2n) is 4.54. The summed E-state index contributed by atoms with van der Waals surface area (Å²) >= 11 is 3.51. The van der Waals surface area contributed by atoms with Crippen LogP contribution in [0.5, 0.6) is 0 Å². The SMILES string of the molecule is CCCCC[C@H](N)c1c[nH]c2ccc(Br)cc12.Cl. The number of hydrogen-bond acceptors (Lipinski definition) is 1. The molecule has 0 unspecified atom stereocenters. The van der Waals surface area contributed by atoms with Crippen LogP contribution < -0.4 is 5.73 Å². The molecule has 1 heterocycles. The molecule has 0 fully saturated rings. The number of fused-ring (bicyclic) bond motifs is 1. The molecule has 3 N–H and O–H groups in total. The van der Waals surface area contributed by atoms with Crippen molar-refractivity contribution in [2.24, 2.45) is 5.73 Å². The minimum Gasteiger partial charge on any atom is -0.361 e. The fraction of sp³-hybridized carbons (Fsp3) is 0.429. The third-order valence-electron chi connectivity index (χ3n) is 3.19. The van der Waals surface area contributed by atoms with Gasteiger partial charge in [-0.25, -0.2) is 0 Å². The van der Waals surface area contributed by atoms with E-state index in [1.165, 1.54) is 30.2 Å². The van der Waals surface area contributed by atoms with E-state index in [9.17, 15) is 0 Å². The normalized spacial score (nSPS) is 12.4. The van der Waals surface area contributed by atoms with Crippen molar-refractivity contribution >= 4 is 39.2 Å². The van der Waals surface area contributed by atoms with Gasteiger partial charge in [0.15, 0.2) is 0 Å². The molecule has 2 aromatic rings. The van der Waals surface area contributed by atoms with Crippen LogP contribution in [0.3, 0.4) is 0 Å². The first-order chi connectivity index (χ1) is 8.22. The summed E-state index contributed by atoms with van der Waals surface area (Å²) in [5.74, 6) is 0. The van der Waals surface area contributed by atoms with Gasteiger partial charge in [0.25, 0.3) is 0 Å². The number of rotatable bonds is 5. The highest BCUT2D eigenvalue weighted by Gasteiger charge is 2.11. The maximum Gasteiger partial charge on any atom is 0.0458 e. The Balaban J connectivity index is 0.00000162. The van der Waals surface area contributed by atoms with Crippen LogP contribution in [0.15, 0.2) is 28.9 Å². The van der Waals surface area contributed by atoms with Crippen LogP contribution in [-0.2, 0) is 0 Å². The van der Waals surface area contributed by atoms with Crippen molar-refractivity contribution in [3.8, 4) is 0 Å². The van der Waals surface area contributed by atoms with Crippen molar-refractivity contribution in [1.29, 1.82) is 0 Å². The van der Waals surface area contributed by atoms with Crippen molar-refractivity contribution < 1.29 is 0 Å². The number of halogens is 2. The Morgan fingerprint density at radius 1 is 1.33 bits per heavy atom. The summed E-state index contributed by atoms with van der Waals surface area (Å²) in [4.78, 5) is 3.29. The minimum atomic E-state index is 0. The summed E-state index contributed by atoms with van der Waals surface area (Å²) in [7, 11) is 0. The fourth-order valence-electron chi connectivity index (χ4n) is 2.19. The molecule has 0 saturated carbocycles. The predicted octanol–water partition coefficient (Wildman–Crippen LogP) is 4.93. The molecular formula is C14H20BrClN2. The van der Waals surface area contributed by atoms with Gasteiger partial charge in [-0.1, -0.05) is 42.1 Å². The molecule has 0 bridgehead atoms. The monoisotopic (exact) mass is 330 g/mol. The molecule has 18 heavy (non-hydrogen) atoms. The number of unbranched alkanes of at least 4 members (excludes halogenated alkanes) is 2. The summed E-state index contributed by atoms with van der Waals surface area (Å²) in [5.41, 5.74) is 8.66. The van der Waals surface area contributed by atoms with Gasteiger partial charge >= 0.3 is 0 Å². The van der Waals surface area contributed by atoms with Crippen LogP contribution >= 0.6 is 28.3 Å².